The van der Waals surface area contributed by atoms with Crippen molar-refractivity contribution in [1.82, 2.24) is 0 Å². The molecule has 0 unspecified atom stereocenters. The molecule has 1 aliphatic heterocycles. The zero-order chi connectivity index (χ0) is 19.3. The molecular formula is C23H16ClNO3. The average molecular weight is 390 g/mol. The van der Waals surface area contributed by atoms with E-state index < -0.39 is 5.97 Å². The van der Waals surface area contributed by atoms with Gasteiger partial charge in [-0.1, -0.05) is 66.2 Å². The molecule has 138 valence electrons. The van der Waals surface area contributed by atoms with Gasteiger partial charge in [0.05, 0.1) is 10.6 Å². The number of esters is 1. The SMILES string of the molecule is O=C1OC(c2ccccc2Cl)=N/C1=C\c1ccc(OCc2ccccc2)cc1. The monoisotopic (exact) mass is 389 g/mol. The summed E-state index contributed by atoms with van der Waals surface area (Å²) in [4.78, 5) is 16.4. The maximum atomic E-state index is 12.1. The Hall–Kier alpha value is -3.37. The number of rotatable bonds is 5. The van der Waals surface area contributed by atoms with Crippen molar-refractivity contribution >= 4 is 29.5 Å². The molecule has 0 radical (unpaired) electrons. The van der Waals surface area contributed by atoms with Gasteiger partial charge in [0.2, 0.25) is 5.90 Å². The van der Waals surface area contributed by atoms with Gasteiger partial charge in [0.25, 0.3) is 0 Å². The van der Waals surface area contributed by atoms with E-state index >= 15 is 0 Å². The Morgan fingerprint density at radius 2 is 1.64 bits per heavy atom. The van der Waals surface area contributed by atoms with Crippen molar-refractivity contribution in [3.8, 4) is 5.75 Å². The molecule has 5 heteroatoms. The minimum absolute atomic E-state index is 0.213. The molecule has 3 aromatic carbocycles. The Bertz CT molecular complexity index is 1060. The summed E-state index contributed by atoms with van der Waals surface area (Å²) in [6, 6.07) is 24.5. The Morgan fingerprint density at radius 1 is 0.929 bits per heavy atom. The van der Waals surface area contributed by atoms with E-state index in [2.05, 4.69) is 4.99 Å². The van der Waals surface area contributed by atoms with Gasteiger partial charge in [-0.15, -0.1) is 0 Å². The molecule has 28 heavy (non-hydrogen) atoms. The highest BCUT2D eigenvalue weighted by Crippen LogP contribution is 2.24. The number of benzene rings is 3. The molecule has 0 atom stereocenters. The number of hydrogen-bond acceptors (Lipinski definition) is 4. The van der Waals surface area contributed by atoms with Crippen LogP contribution in [0.25, 0.3) is 6.08 Å². The number of carbonyl (C=O) groups excluding carboxylic acids is 1. The van der Waals surface area contributed by atoms with Crippen LogP contribution in [0.3, 0.4) is 0 Å². The summed E-state index contributed by atoms with van der Waals surface area (Å²) in [6.45, 7) is 0.499. The van der Waals surface area contributed by atoms with Crippen LogP contribution in [0.5, 0.6) is 5.75 Å². The number of carbonyl (C=O) groups is 1. The highest BCUT2D eigenvalue weighted by atomic mass is 35.5. The normalized spacial score (nSPS) is 14.7. The summed E-state index contributed by atoms with van der Waals surface area (Å²) in [7, 11) is 0. The largest absolute Gasteiger partial charge is 0.489 e. The summed E-state index contributed by atoms with van der Waals surface area (Å²) < 4.78 is 11.0. The zero-order valence-electron chi connectivity index (χ0n) is 14.8. The quantitative estimate of drug-likeness (QED) is 0.441. The Kier molecular flexibility index (Phi) is 5.22. The number of hydrogen-bond donors (Lipinski definition) is 0. The Morgan fingerprint density at radius 3 is 2.39 bits per heavy atom. The Balaban J connectivity index is 1.48. The molecule has 0 spiro atoms. The number of cyclic esters (lactones) is 1. The standard InChI is InChI=1S/C23H16ClNO3/c24-20-9-5-4-8-19(20)22-25-21(23(26)28-22)14-16-10-12-18(13-11-16)27-15-17-6-2-1-3-7-17/h1-14H,15H2/b21-14-. The first kappa shape index (κ1) is 18.0. The number of aliphatic imine (C=N–C) groups is 1. The lowest BCUT2D eigenvalue weighted by atomic mass is 10.2. The number of halogens is 1. The van der Waals surface area contributed by atoms with Gasteiger partial charge in [-0.2, -0.15) is 0 Å². The van der Waals surface area contributed by atoms with E-state index in [4.69, 9.17) is 21.1 Å². The summed E-state index contributed by atoms with van der Waals surface area (Å²) >= 11 is 6.15. The van der Waals surface area contributed by atoms with Crippen LogP contribution in [0.4, 0.5) is 0 Å². The molecule has 0 bridgehead atoms. The Labute approximate surface area is 167 Å². The molecule has 0 N–H and O–H groups in total. The van der Waals surface area contributed by atoms with Crippen LogP contribution in [0.2, 0.25) is 5.02 Å². The lowest BCUT2D eigenvalue weighted by Crippen LogP contribution is -2.05. The van der Waals surface area contributed by atoms with E-state index in [1.807, 2.05) is 60.7 Å². The summed E-state index contributed by atoms with van der Waals surface area (Å²) in [5.41, 5.74) is 2.74. The van der Waals surface area contributed by atoms with Crippen molar-refractivity contribution in [3.05, 3.63) is 106 Å². The van der Waals surface area contributed by atoms with Gasteiger partial charge in [-0.05, 0) is 41.5 Å². The van der Waals surface area contributed by atoms with E-state index in [0.29, 0.717) is 17.2 Å². The van der Waals surface area contributed by atoms with E-state index in [-0.39, 0.29) is 11.6 Å². The first-order chi connectivity index (χ1) is 13.7. The van der Waals surface area contributed by atoms with Crippen LogP contribution in [-0.4, -0.2) is 11.9 Å². The van der Waals surface area contributed by atoms with E-state index in [0.717, 1.165) is 16.9 Å². The summed E-state index contributed by atoms with van der Waals surface area (Å²) in [5, 5.41) is 0.482. The zero-order valence-corrected chi connectivity index (χ0v) is 15.6. The second-order valence-corrected chi connectivity index (χ2v) is 6.57. The van der Waals surface area contributed by atoms with Crippen LogP contribution in [-0.2, 0) is 16.1 Å². The van der Waals surface area contributed by atoms with Gasteiger partial charge < -0.3 is 9.47 Å². The van der Waals surface area contributed by atoms with Crippen molar-refractivity contribution in [1.29, 1.82) is 0 Å². The molecule has 3 aromatic rings. The van der Waals surface area contributed by atoms with Crippen LogP contribution in [0.1, 0.15) is 16.7 Å². The van der Waals surface area contributed by atoms with Gasteiger partial charge in [-0.3, -0.25) is 0 Å². The fourth-order valence-electron chi connectivity index (χ4n) is 2.72. The van der Waals surface area contributed by atoms with Crippen LogP contribution in [0.15, 0.2) is 89.6 Å². The molecule has 1 aliphatic rings. The average Bonchev–Trinajstić information content (AvgIpc) is 3.08. The molecule has 4 nitrogen and oxygen atoms in total. The molecule has 1 heterocycles. The lowest BCUT2D eigenvalue weighted by molar-refractivity contribution is -0.129. The van der Waals surface area contributed by atoms with Gasteiger partial charge >= 0.3 is 5.97 Å². The van der Waals surface area contributed by atoms with Crippen molar-refractivity contribution < 1.29 is 14.3 Å². The maximum absolute atomic E-state index is 12.1. The second-order valence-electron chi connectivity index (χ2n) is 6.16. The molecule has 0 saturated heterocycles. The van der Waals surface area contributed by atoms with Gasteiger partial charge in [-0.25, -0.2) is 9.79 Å². The topological polar surface area (TPSA) is 47.9 Å². The smallest absolute Gasteiger partial charge is 0.363 e. The molecule has 0 amide bonds. The summed E-state index contributed by atoms with van der Waals surface area (Å²) in [6.07, 6.45) is 1.67. The van der Waals surface area contributed by atoms with Crippen LogP contribution in [0, 0.1) is 0 Å². The third-order valence-corrected chi connectivity index (χ3v) is 4.49. The fraction of sp³-hybridized carbons (Fsp3) is 0.0435. The van der Waals surface area contributed by atoms with Crippen molar-refractivity contribution in [3.63, 3.8) is 0 Å². The fourth-order valence-corrected chi connectivity index (χ4v) is 2.93. The van der Waals surface area contributed by atoms with Gasteiger partial charge in [0.15, 0.2) is 5.70 Å². The number of nitrogens with zero attached hydrogens (tertiary/aromatic N) is 1. The third-order valence-electron chi connectivity index (χ3n) is 4.16. The van der Waals surface area contributed by atoms with Crippen molar-refractivity contribution in [2.24, 2.45) is 4.99 Å². The highest BCUT2D eigenvalue weighted by molar-refractivity contribution is 6.34. The number of ether oxygens (including phenoxy) is 2. The summed E-state index contributed by atoms with van der Waals surface area (Å²) in [5.74, 6) is 0.462. The molecule has 0 aliphatic carbocycles. The minimum Gasteiger partial charge on any atom is -0.489 e. The van der Waals surface area contributed by atoms with Crippen LogP contribution < -0.4 is 4.74 Å². The molecule has 4 rings (SSSR count). The van der Waals surface area contributed by atoms with Crippen molar-refractivity contribution in [2.75, 3.05) is 0 Å². The first-order valence-corrected chi connectivity index (χ1v) is 9.11. The molecule has 0 aromatic heterocycles. The predicted molar refractivity (Wildman–Crippen MR) is 109 cm³/mol. The first-order valence-electron chi connectivity index (χ1n) is 8.73. The molecular weight excluding hydrogens is 374 g/mol. The van der Waals surface area contributed by atoms with Gasteiger partial charge in [0, 0.05) is 0 Å². The lowest BCUT2D eigenvalue weighted by Gasteiger charge is -2.06. The third kappa shape index (κ3) is 4.13. The predicted octanol–water partition coefficient (Wildman–Crippen LogP) is 5.26. The maximum Gasteiger partial charge on any atom is 0.363 e. The van der Waals surface area contributed by atoms with Crippen molar-refractivity contribution in [2.45, 2.75) is 6.61 Å². The molecule has 0 saturated carbocycles. The highest BCUT2D eigenvalue weighted by Gasteiger charge is 2.25. The van der Waals surface area contributed by atoms with Crippen LogP contribution >= 0.6 is 11.6 Å². The second kappa shape index (κ2) is 8.11. The van der Waals surface area contributed by atoms with E-state index in [9.17, 15) is 4.79 Å². The van der Waals surface area contributed by atoms with E-state index in [1.54, 1.807) is 24.3 Å². The minimum atomic E-state index is -0.501. The molecule has 0 fully saturated rings. The van der Waals surface area contributed by atoms with E-state index in [1.165, 1.54) is 0 Å². The van der Waals surface area contributed by atoms with Gasteiger partial charge in [0.1, 0.15) is 12.4 Å².